The number of hydrogen-bond acceptors (Lipinski definition) is 2. The average Bonchev–Trinajstić information content (AvgIpc) is 2.69. The van der Waals surface area contributed by atoms with Crippen LogP contribution in [0.1, 0.15) is 6.42 Å². The van der Waals surface area contributed by atoms with Crippen molar-refractivity contribution in [2.24, 2.45) is 0 Å². The minimum Gasteiger partial charge on any atom is -0.307 e. The third kappa shape index (κ3) is 6.28. The SMILES string of the molecule is C=C[Si](C)(C)CCCN(C(=O)C(F)(OC(F)(F)C(F)(F)C(F)(F)F)C(F)(F)F)c1ccccc1. The number of benzene rings is 1. The molecule has 0 saturated heterocycles. The van der Waals surface area contributed by atoms with Crippen LogP contribution in [0.2, 0.25) is 19.1 Å². The molecule has 0 radical (unpaired) electrons. The first kappa shape index (κ1) is 29.9. The van der Waals surface area contributed by atoms with E-state index in [-0.39, 0.29) is 17.4 Å². The van der Waals surface area contributed by atoms with E-state index in [2.05, 4.69) is 11.3 Å². The second kappa shape index (κ2) is 9.83. The van der Waals surface area contributed by atoms with Gasteiger partial charge in [-0.25, -0.2) is 0 Å². The highest BCUT2D eigenvalue weighted by atomic mass is 28.3. The van der Waals surface area contributed by atoms with E-state index in [0.717, 1.165) is 12.1 Å². The monoisotopic (exact) mass is 531 g/mol. The summed E-state index contributed by atoms with van der Waals surface area (Å²) in [6, 6.07) is 5.93. The number of alkyl halides is 11. The van der Waals surface area contributed by atoms with Crippen LogP contribution in [0.3, 0.4) is 0 Å². The molecule has 1 unspecified atom stereocenters. The molecule has 1 amide bonds. The number of ether oxygens (including phenoxy) is 1. The lowest BCUT2D eigenvalue weighted by Crippen LogP contribution is -2.64. The topological polar surface area (TPSA) is 29.5 Å². The molecule has 0 aromatic heterocycles. The van der Waals surface area contributed by atoms with Gasteiger partial charge in [0.05, 0.1) is 8.07 Å². The van der Waals surface area contributed by atoms with Crippen LogP contribution in [0.15, 0.2) is 42.6 Å². The molecule has 15 heteroatoms. The summed E-state index contributed by atoms with van der Waals surface area (Å²) in [4.78, 5) is 12.5. The number of para-hydroxylation sites is 1. The van der Waals surface area contributed by atoms with Crippen molar-refractivity contribution in [3.63, 3.8) is 0 Å². The zero-order valence-electron chi connectivity index (χ0n) is 17.7. The predicted octanol–water partition coefficient (Wildman–Crippen LogP) is 6.88. The fourth-order valence-electron chi connectivity index (χ4n) is 2.55. The number of carbonyl (C=O) groups excluding carboxylic acids is 1. The molecule has 1 atom stereocenters. The Balaban J connectivity index is 3.49. The maximum atomic E-state index is 14.8. The summed E-state index contributed by atoms with van der Waals surface area (Å²) in [5, 5.41) is 0. The van der Waals surface area contributed by atoms with Crippen molar-refractivity contribution in [1.29, 1.82) is 0 Å². The second-order valence-electron chi connectivity index (χ2n) is 7.87. The van der Waals surface area contributed by atoms with Crippen molar-refractivity contribution in [2.75, 3.05) is 11.4 Å². The molecule has 0 bridgehead atoms. The molecular formula is C19H20F11NO2Si. The standard InChI is InChI=1S/C19H20F11NO2Si/c1-4-34(2,3)12-8-11-31(13-9-6-5-7-10-13)14(32)15(20,17(23,24)25)33-19(29,30)16(21,22)18(26,27)28/h4-7,9-10H,1,8,11-12H2,2-3H3. The third-order valence-corrected chi connectivity index (χ3v) is 7.45. The molecule has 0 saturated carbocycles. The molecule has 0 fully saturated rings. The van der Waals surface area contributed by atoms with Gasteiger partial charge in [0, 0.05) is 12.2 Å². The zero-order chi connectivity index (χ0) is 26.8. The minimum atomic E-state index is -7.25. The lowest BCUT2D eigenvalue weighted by atomic mass is 10.2. The molecule has 1 aromatic rings. The molecule has 0 spiro atoms. The molecule has 0 aliphatic heterocycles. The first-order valence-corrected chi connectivity index (χ1v) is 12.7. The molecule has 3 nitrogen and oxygen atoms in total. The first-order valence-electron chi connectivity index (χ1n) is 9.42. The van der Waals surface area contributed by atoms with Gasteiger partial charge in [0.15, 0.2) is 0 Å². The van der Waals surface area contributed by atoms with Crippen molar-refractivity contribution in [1.82, 2.24) is 0 Å². The Labute approximate surface area is 188 Å². The lowest BCUT2D eigenvalue weighted by Gasteiger charge is -2.37. The van der Waals surface area contributed by atoms with Crippen LogP contribution in [0.25, 0.3) is 0 Å². The van der Waals surface area contributed by atoms with Gasteiger partial charge in [-0.05, 0) is 18.6 Å². The Hall–Kier alpha value is -2.16. The van der Waals surface area contributed by atoms with Gasteiger partial charge in [-0.2, -0.15) is 48.3 Å². The Kier molecular flexibility index (Phi) is 8.64. The van der Waals surface area contributed by atoms with Crippen molar-refractivity contribution in [2.45, 2.75) is 55.8 Å². The van der Waals surface area contributed by atoms with E-state index in [9.17, 15) is 53.1 Å². The van der Waals surface area contributed by atoms with Crippen LogP contribution in [0.4, 0.5) is 54.0 Å². The van der Waals surface area contributed by atoms with E-state index in [1.165, 1.54) is 18.2 Å². The number of halogens is 11. The van der Waals surface area contributed by atoms with E-state index >= 15 is 0 Å². The lowest BCUT2D eigenvalue weighted by molar-refractivity contribution is -0.472. The Morgan fingerprint density at radius 3 is 1.85 bits per heavy atom. The van der Waals surface area contributed by atoms with E-state index in [0.29, 0.717) is 0 Å². The van der Waals surface area contributed by atoms with Crippen LogP contribution < -0.4 is 4.90 Å². The van der Waals surface area contributed by atoms with Crippen molar-refractivity contribution < 1.29 is 57.8 Å². The Morgan fingerprint density at radius 2 is 1.44 bits per heavy atom. The van der Waals surface area contributed by atoms with Crippen molar-refractivity contribution in [3.05, 3.63) is 42.6 Å². The van der Waals surface area contributed by atoms with Crippen LogP contribution in [-0.4, -0.2) is 50.8 Å². The minimum absolute atomic E-state index is 0.00285. The van der Waals surface area contributed by atoms with Gasteiger partial charge in [-0.3, -0.25) is 9.53 Å². The highest BCUT2D eigenvalue weighted by Gasteiger charge is 2.80. The van der Waals surface area contributed by atoms with E-state index in [1.807, 2.05) is 0 Å². The fourth-order valence-corrected chi connectivity index (χ4v) is 3.83. The summed E-state index contributed by atoms with van der Waals surface area (Å²) in [5.41, 5.74) is 1.13. The first-order chi connectivity index (χ1) is 15.1. The normalized spacial score (nSPS) is 15.6. The van der Waals surface area contributed by atoms with E-state index < -0.39 is 56.5 Å². The Morgan fingerprint density at radius 1 is 0.941 bits per heavy atom. The van der Waals surface area contributed by atoms with Gasteiger partial charge in [-0.1, -0.05) is 37.3 Å². The van der Waals surface area contributed by atoms with Crippen LogP contribution >= 0.6 is 0 Å². The predicted molar refractivity (Wildman–Crippen MR) is 103 cm³/mol. The van der Waals surface area contributed by atoms with Gasteiger partial charge in [-0.15, -0.1) is 12.3 Å². The molecule has 0 heterocycles. The van der Waals surface area contributed by atoms with Crippen molar-refractivity contribution >= 4 is 19.7 Å². The number of rotatable bonds is 10. The van der Waals surface area contributed by atoms with Crippen LogP contribution in [0, 0.1) is 0 Å². The third-order valence-electron chi connectivity index (χ3n) is 4.70. The second-order valence-corrected chi connectivity index (χ2v) is 12.8. The van der Waals surface area contributed by atoms with Crippen molar-refractivity contribution in [3.8, 4) is 0 Å². The summed E-state index contributed by atoms with van der Waals surface area (Å²) < 4.78 is 148. The maximum absolute atomic E-state index is 14.8. The maximum Gasteiger partial charge on any atom is 0.462 e. The number of nitrogens with zero attached hydrogens (tertiary/aromatic N) is 1. The quantitative estimate of drug-likeness (QED) is 0.243. The number of hydrogen-bond donors (Lipinski definition) is 0. The van der Waals surface area contributed by atoms with Gasteiger partial charge in [0.25, 0.3) is 0 Å². The summed E-state index contributed by atoms with van der Waals surface area (Å²) in [6.45, 7) is 6.43. The zero-order valence-corrected chi connectivity index (χ0v) is 18.7. The average molecular weight is 531 g/mol. The van der Waals surface area contributed by atoms with Gasteiger partial charge < -0.3 is 4.90 Å². The molecule has 1 rings (SSSR count). The summed E-state index contributed by atoms with van der Waals surface area (Å²) >= 11 is 0. The van der Waals surface area contributed by atoms with Crippen LogP contribution in [0.5, 0.6) is 0 Å². The summed E-state index contributed by atoms with van der Waals surface area (Å²) in [5.74, 6) is -16.4. The largest absolute Gasteiger partial charge is 0.462 e. The van der Waals surface area contributed by atoms with E-state index in [4.69, 9.17) is 0 Å². The summed E-state index contributed by atoms with van der Waals surface area (Å²) in [6.07, 6.45) is -21.1. The fraction of sp³-hybridized carbons (Fsp3) is 0.526. The van der Waals surface area contributed by atoms with Crippen LogP contribution in [-0.2, 0) is 9.53 Å². The van der Waals surface area contributed by atoms with E-state index in [1.54, 1.807) is 18.8 Å². The molecule has 0 aliphatic rings. The number of amides is 1. The molecule has 194 valence electrons. The number of carbonyl (C=O) groups is 1. The molecule has 0 N–H and O–H groups in total. The van der Waals surface area contributed by atoms with Gasteiger partial charge >= 0.3 is 36.1 Å². The molecule has 0 aliphatic carbocycles. The highest BCUT2D eigenvalue weighted by Crippen LogP contribution is 2.51. The highest BCUT2D eigenvalue weighted by molar-refractivity contribution is 6.82. The Bertz CT molecular complexity index is 856. The number of anilines is 1. The smallest absolute Gasteiger partial charge is 0.307 e. The molecule has 34 heavy (non-hydrogen) atoms. The summed E-state index contributed by atoms with van der Waals surface area (Å²) in [7, 11) is -2.11. The van der Waals surface area contributed by atoms with Gasteiger partial charge in [0.1, 0.15) is 0 Å². The van der Waals surface area contributed by atoms with Gasteiger partial charge in [0.2, 0.25) is 0 Å². The molecule has 1 aromatic carbocycles. The molecular weight excluding hydrogens is 511 g/mol.